The van der Waals surface area contributed by atoms with E-state index in [1.807, 2.05) is 38.1 Å². The summed E-state index contributed by atoms with van der Waals surface area (Å²) in [6.07, 6.45) is 2.28. The summed E-state index contributed by atoms with van der Waals surface area (Å²) in [5, 5.41) is 5.24. The zero-order valence-electron chi connectivity index (χ0n) is 16.0. The van der Waals surface area contributed by atoms with Gasteiger partial charge in [0.2, 0.25) is 0 Å². The van der Waals surface area contributed by atoms with Crippen LogP contribution in [-0.4, -0.2) is 52.0 Å². The Kier molecular flexibility index (Phi) is 5.78. The number of aryl methyl sites for hydroxylation is 2. The minimum Gasteiger partial charge on any atom is -0.346 e. The molecule has 0 unspecified atom stereocenters. The number of halogens is 1. The lowest BCUT2D eigenvalue weighted by Crippen LogP contribution is -2.42. The SMILES string of the molecule is Cc1nc(C)n(C[C@@H]2CCCN(C[C@H]3CO[C@@H](c4ccc(Cl)cc4)O3)C2)n1. The van der Waals surface area contributed by atoms with Gasteiger partial charge < -0.3 is 14.4 Å². The van der Waals surface area contributed by atoms with Crippen LogP contribution >= 0.6 is 11.6 Å². The van der Waals surface area contributed by atoms with E-state index in [0.717, 1.165) is 48.4 Å². The van der Waals surface area contributed by atoms with Gasteiger partial charge in [-0.15, -0.1) is 0 Å². The highest BCUT2D eigenvalue weighted by molar-refractivity contribution is 6.30. The van der Waals surface area contributed by atoms with Crippen molar-refractivity contribution in [2.75, 3.05) is 26.2 Å². The first-order valence-corrected chi connectivity index (χ1v) is 10.1. The van der Waals surface area contributed by atoms with Crippen molar-refractivity contribution in [3.63, 3.8) is 0 Å². The summed E-state index contributed by atoms with van der Waals surface area (Å²) in [6, 6.07) is 7.68. The van der Waals surface area contributed by atoms with Crippen LogP contribution in [0.3, 0.4) is 0 Å². The predicted molar refractivity (Wildman–Crippen MR) is 104 cm³/mol. The first-order chi connectivity index (χ1) is 13.1. The van der Waals surface area contributed by atoms with E-state index in [9.17, 15) is 0 Å². The van der Waals surface area contributed by atoms with E-state index in [0.29, 0.717) is 12.5 Å². The maximum absolute atomic E-state index is 6.13. The quantitative estimate of drug-likeness (QED) is 0.783. The zero-order chi connectivity index (χ0) is 18.8. The molecule has 0 saturated carbocycles. The van der Waals surface area contributed by atoms with E-state index in [2.05, 4.69) is 19.7 Å². The second-order valence-corrected chi connectivity index (χ2v) is 8.07. The minimum atomic E-state index is -0.284. The van der Waals surface area contributed by atoms with Gasteiger partial charge in [-0.1, -0.05) is 23.7 Å². The molecule has 1 aromatic carbocycles. The van der Waals surface area contributed by atoms with Crippen molar-refractivity contribution in [2.45, 2.75) is 45.6 Å². The van der Waals surface area contributed by atoms with Gasteiger partial charge in [0.25, 0.3) is 0 Å². The predicted octanol–water partition coefficient (Wildman–Crippen LogP) is 3.37. The second-order valence-electron chi connectivity index (χ2n) is 7.63. The summed E-state index contributed by atoms with van der Waals surface area (Å²) in [5.41, 5.74) is 1.02. The molecule has 146 valence electrons. The summed E-state index contributed by atoms with van der Waals surface area (Å²) in [7, 11) is 0. The summed E-state index contributed by atoms with van der Waals surface area (Å²) in [6.45, 7) is 8.66. The average Bonchev–Trinajstić information content (AvgIpc) is 3.22. The van der Waals surface area contributed by atoms with E-state index in [1.54, 1.807) is 0 Å². The molecule has 0 amide bonds. The standard InChI is InChI=1S/C20H27ClN4O2/c1-14-22-15(2)25(23-14)11-16-4-3-9-24(10-16)12-19-13-26-20(27-19)17-5-7-18(21)8-6-17/h5-8,16,19-20H,3-4,9-13H2,1-2H3/t16-,19+,20-/m1/s1. The molecular weight excluding hydrogens is 364 g/mol. The number of likely N-dealkylation sites (tertiary alicyclic amines) is 1. The number of rotatable bonds is 5. The minimum absolute atomic E-state index is 0.111. The third kappa shape index (κ3) is 4.69. The molecule has 27 heavy (non-hydrogen) atoms. The molecule has 2 aliphatic heterocycles. The van der Waals surface area contributed by atoms with Crippen molar-refractivity contribution in [1.29, 1.82) is 0 Å². The van der Waals surface area contributed by atoms with Gasteiger partial charge in [-0.2, -0.15) is 5.10 Å². The van der Waals surface area contributed by atoms with Crippen molar-refractivity contribution < 1.29 is 9.47 Å². The molecule has 6 nitrogen and oxygen atoms in total. The van der Waals surface area contributed by atoms with E-state index in [1.165, 1.54) is 12.8 Å². The molecule has 2 aliphatic rings. The van der Waals surface area contributed by atoms with Crippen LogP contribution in [-0.2, 0) is 16.0 Å². The summed E-state index contributed by atoms with van der Waals surface area (Å²) in [4.78, 5) is 6.92. The van der Waals surface area contributed by atoms with E-state index >= 15 is 0 Å². The van der Waals surface area contributed by atoms with Crippen molar-refractivity contribution in [2.24, 2.45) is 5.92 Å². The third-order valence-electron chi connectivity index (χ3n) is 5.35. The molecule has 0 radical (unpaired) electrons. The van der Waals surface area contributed by atoms with Crippen LogP contribution < -0.4 is 0 Å². The fourth-order valence-electron chi connectivity index (χ4n) is 4.07. The van der Waals surface area contributed by atoms with E-state index in [4.69, 9.17) is 21.1 Å². The lowest BCUT2D eigenvalue weighted by Gasteiger charge is -2.33. The lowest BCUT2D eigenvalue weighted by molar-refractivity contribution is -0.0657. The van der Waals surface area contributed by atoms with Gasteiger partial charge in [0.05, 0.1) is 12.7 Å². The van der Waals surface area contributed by atoms with Crippen molar-refractivity contribution in [3.05, 3.63) is 46.5 Å². The van der Waals surface area contributed by atoms with Gasteiger partial charge in [-0.05, 0) is 51.3 Å². The number of hydrogen-bond donors (Lipinski definition) is 0. The molecule has 1 aromatic heterocycles. The fraction of sp³-hybridized carbons (Fsp3) is 0.600. The lowest BCUT2D eigenvalue weighted by atomic mass is 9.98. The monoisotopic (exact) mass is 390 g/mol. The summed E-state index contributed by atoms with van der Waals surface area (Å²) in [5.74, 6) is 2.46. The molecule has 7 heteroatoms. The smallest absolute Gasteiger partial charge is 0.184 e. The van der Waals surface area contributed by atoms with Crippen LogP contribution in [0.1, 0.15) is 36.3 Å². The number of piperidine rings is 1. The first-order valence-electron chi connectivity index (χ1n) is 9.70. The van der Waals surface area contributed by atoms with Crippen LogP contribution in [0.5, 0.6) is 0 Å². The Morgan fingerprint density at radius 3 is 2.74 bits per heavy atom. The number of nitrogens with zero attached hydrogens (tertiary/aromatic N) is 4. The van der Waals surface area contributed by atoms with Gasteiger partial charge in [0.1, 0.15) is 11.6 Å². The highest BCUT2D eigenvalue weighted by Crippen LogP contribution is 2.29. The van der Waals surface area contributed by atoms with Crippen molar-refractivity contribution in [1.82, 2.24) is 19.7 Å². The maximum atomic E-state index is 6.13. The van der Waals surface area contributed by atoms with Crippen LogP contribution in [0.25, 0.3) is 0 Å². The molecule has 0 aliphatic carbocycles. The van der Waals surface area contributed by atoms with Crippen LogP contribution in [0.4, 0.5) is 0 Å². The molecule has 0 bridgehead atoms. The average molecular weight is 391 g/mol. The Morgan fingerprint density at radius 1 is 1.19 bits per heavy atom. The molecule has 2 saturated heterocycles. The van der Waals surface area contributed by atoms with E-state index < -0.39 is 0 Å². The van der Waals surface area contributed by atoms with Crippen LogP contribution in [0.15, 0.2) is 24.3 Å². The third-order valence-corrected chi connectivity index (χ3v) is 5.60. The topological polar surface area (TPSA) is 52.4 Å². The molecule has 2 fully saturated rings. The van der Waals surface area contributed by atoms with Gasteiger partial charge >= 0.3 is 0 Å². The number of benzene rings is 1. The molecule has 4 rings (SSSR count). The highest BCUT2D eigenvalue weighted by atomic mass is 35.5. The molecule has 3 heterocycles. The van der Waals surface area contributed by atoms with Gasteiger partial charge in [-0.3, -0.25) is 0 Å². The number of ether oxygens (including phenoxy) is 2. The summed E-state index contributed by atoms with van der Waals surface area (Å²) < 4.78 is 14.0. The maximum Gasteiger partial charge on any atom is 0.184 e. The Morgan fingerprint density at radius 2 is 2.00 bits per heavy atom. The van der Waals surface area contributed by atoms with Gasteiger partial charge in [0, 0.05) is 30.2 Å². The van der Waals surface area contributed by atoms with Crippen molar-refractivity contribution in [3.8, 4) is 0 Å². The van der Waals surface area contributed by atoms with Gasteiger partial charge in [0.15, 0.2) is 6.29 Å². The Balaban J connectivity index is 1.29. The normalized spacial score (nSPS) is 26.6. The molecule has 2 aromatic rings. The van der Waals surface area contributed by atoms with Crippen LogP contribution in [0.2, 0.25) is 5.02 Å². The zero-order valence-corrected chi connectivity index (χ0v) is 16.7. The van der Waals surface area contributed by atoms with Crippen LogP contribution in [0, 0.1) is 19.8 Å². The largest absolute Gasteiger partial charge is 0.346 e. The molecule has 0 spiro atoms. The second kappa shape index (κ2) is 8.27. The van der Waals surface area contributed by atoms with Crippen molar-refractivity contribution >= 4 is 11.6 Å². The molecule has 3 atom stereocenters. The highest BCUT2D eigenvalue weighted by Gasteiger charge is 2.30. The van der Waals surface area contributed by atoms with Gasteiger partial charge in [-0.25, -0.2) is 9.67 Å². The molecular formula is C20H27ClN4O2. The number of hydrogen-bond acceptors (Lipinski definition) is 5. The Hall–Kier alpha value is -1.47. The molecule has 0 N–H and O–H groups in total. The summed E-state index contributed by atoms with van der Waals surface area (Å²) >= 11 is 5.96. The Bertz CT molecular complexity index is 764. The number of aromatic nitrogens is 3. The first kappa shape index (κ1) is 18.9. The Labute approximate surface area is 165 Å². The fourth-order valence-corrected chi connectivity index (χ4v) is 4.20. The van der Waals surface area contributed by atoms with E-state index in [-0.39, 0.29) is 12.4 Å².